The molecular weight excluding hydrogens is 366 g/mol. The number of nitrogens with one attached hydrogen (secondary N) is 3. The van der Waals surface area contributed by atoms with Crippen LogP contribution in [0.5, 0.6) is 0 Å². The van der Waals surface area contributed by atoms with Gasteiger partial charge in [0.1, 0.15) is 0 Å². The number of hydrogen-bond acceptors (Lipinski definition) is 5. The van der Waals surface area contributed by atoms with Gasteiger partial charge < -0.3 is 20.0 Å². The smallest absolute Gasteiger partial charge is 0.340 e. The maximum absolute atomic E-state index is 12.4. The van der Waals surface area contributed by atoms with E-state index in [1.165, 1.54) is 18.7 Å². The van der Waals surface area contributed by atoms with Crippen molar-refractivity contribution in [1.82, 2.24) is 9.97 Å². The van der Waals surface area contributed by atoms with Crippen molar-refractivity contribution in [3.63, 3.8) is 0 Å². The predicted octanol–water partition coefficient (Wildman–Crippen LogP) is 3.15. The lowest BCUT2D eigenvalue weighted by Gasteiger charge is -2.15. The van der Waals surface area contributed by atoms with Gasteiger partial charge in [-0.3, -0.25) is 4.79 Å². The first-order valence-corrected chi connectivity index (χ1v) is 9.42. The number of carbonyl (C=O) groups excluding carboxylic acids is 2. The molecule has 0 aliphatic rings. The second kappa shape index (κ2) is 8.13. The minimum absolute atomic E-state index is 0.320. The Labute approximate surface area is 159 Å². The minimum atomic E-state index is -0.974. The van der Waals surface area contributed by atoms with Crippen molar-refractivity contribution in [2.45, 2.75) is 24.8 Å². The maximum atomic E-state index is 12.4. The fourth-order valence-electron chi connectivity index (χ4n) is 2.55. The Balaban J connectivity index is 1.67. The average molecular weight is 385 g/mol. The molecule has 1 atom stereocenters. The third kappa shape index (κ3) is 4.40. The van der Waals surface area contributed by atoms with E-state index in [1.807, 2.05) is 19.1 Å². The highest BCUT2D eigenvalue weighted by Gasteiger charge is 2.21. The van der Waals surface area contributed by atoms with Crippen molar-refractivity contribution in [1.29, 1.82) is 0 Å². The van der Waals surface area contributed by atoms with Crippen molar-refractivity contribution in [2.24, 2.45) is 0 Å². The van der Waals surface area contributed by atoms with Crippen LogP contribution in [0.15, 0.2) is 52.2 Å². The topological polar surface area (TPSA) is 104 Å². The highest BCUT2D eigenvalue weighted by molar-refractivity contribution is 7.99. The van der Waals surface area contributed by atoms with Gasteiger partial charge in [0.05, 0.1) is 16.6 Å². The molecule has 0 radical (unpaired) electrons. The number of esters is 1. The number of aromatic amines is 2. The van der Waals surface area contributed by atoms with Crippen molar-refractivity contribution < 1.29 is 14.3 Å². The van der Waals surface area contributed by atoms with Crippen LogP contribution in [0.4, 0.5) is 5.69 Å². The fourth-order valence-corrected chi connectivity index (χ4v) is 3.34. The van der Waals surface area contributed by atoms with Crippen LogP contribution in [0.2, 0.25) is 0 Å². The Bertz CT molecular complexity index is 1040. The van der Waals surface area contributed by atoms with Crippen LogP contribution in [-0.4, -0.2) is 33.7 Å². The highest BCUT2D eigenvalue weighted by atomic mass is 32.2. The van der Waals surface area contributed by atoms with E-state index < -0.39 is 18.0 Å². The van der Waals surface area contributed by atoms with E-state index in [2.05, 4.69) is 15.3 Å². The number of benzene rings is 2. The number of rotatable bonds is 6. The molecule has 0 saturated carbocycles. The molecule has 0 unspecified atom stereocenters. The summed E-state index contributed by atoms with van der Waals surface area (Å²) in [5.41, 5.74) is 1.83. The number of imidazole rings is 1. The lowest BCUT2D eigenvalue weighted by atomic mass is 10.2. The average Bonchev–Trinajstić information content (AvgIpc) is 3.01. The first-order chi connectivity index (χ1) is 13.0. The van der Waals surface area contributed by atoms with Gasteiger partial charge in [0.25, 0.3) is 5.91 Å². The van der Waals surface area contributed by atoms with Crippen molar-refractivity contribution in [3.05, 3.63) is 58.5 Å². The maximum Gasteiger partial charge on any atom is 0.340 e. The molecular formula is C19H19N3O4S. The third-order valence-electron chi connectivity index (χ3n) is 3.84. The molecule has 1 amide bonds. The first-order valence-electron chi connectivity index (χ1n) is 8.43. The number of ether oxygens (including phenoxy) is 1. The van der Waals surface area contributed by atoms with Gasteiger partial charge in [-0.25, -0.2) is 9.59 Å². The summed E-state index contributed by atoms with van der Waals surface area (Å²) < 4.78 is 5.32. The molecule has 3 rings (SSSR count). The van der Waals surface area contributed by atoms with Crippen LogP contribution in [0.3, 0.4) is 0 Å². The van der Waals surface area contributed by atoms with Gasteiger partial charge in [0.2, 0.25) is 0 Å². The molecule has 1 aromatic heterocycles. The molecule has 0 bridgehead atoms. The summed E-state index contributed by atoms with van der Waals surface area (Å²) in [5, 5.41) is 2.68. The zero-order valence-corrected chi connectivity index (χ0v) is 15.7. The largest absolute Gasteiger partial charge is 0.449 e. The second-order valence-corrected chi connectivity index (χ2v) is 7.11. The summed E-state index contributed by atoms with van der Waals surface area (Å²) >= 11 is 1.54. The van der Waals surface area contributed by atoms with Crippen LogP contribution in [0.25, 0.3) is 11.0 Å². The SMILES string of the molecule is CCSc1ccccc1C(=O)O[C@@H](C)C(=O)Nc1ccc2[nH]c(=O)[nH]c2c1. The molecule has 0 aliphatic heterocycles. The number of carbonyl (C=O) groups is 2. The Kier molecular flexibility index (Phi) is 5.66. The summed E-state index contributed by atoms with van der Waals surface area (Å²) in [6, 6.07) is 12.1. The summed E-state index contributed by atoms with van der Waals surface area (Å²) in [6.45, 7) is 3.51. The monoisotopic (exact) mass is 385 g/mol. The third-order valence-corrected chi connectivity index (χ3v) is 4.80. The number of anilines is 1. The van der Waals surface area contributed by atoms with Crippen molar-refractivity contribution >= 4 is 40.4 Å². The van der Waals surface area contributed by atoms with E-state index in [9.17, 15) is 14.4 Å². The molecule has 8 heteroatoms. The van der Waals surface area contributed by atoms with E-state index in [0.29, 0.717) is 22.3 Å². The van der Waals surface area contributed by atoms with E-state index in [4.69, 9.17) is 4.74 Å². The lowest BCUT2D eigenvalue weighted by Crippen LogP contribution is -2.30. The number of fused-ring (bicyclic) bond motifs is 1. The molecule has 2 aromatic carbocycles. The van der Waals surface area contributed by atoms with Gasteiger partial charge >= 0.3 is 11.7 Å². The molecule has 0 saturated heterocycles. The second-order valence-electron chi connectivity index (χ2n) is 5.81. The van der Waals surface area contributed by atoms with E-state index in [-0.39, 0.29) is 5.69 Å². The van der Waals surface area contributed by atoms with Crippen LogP contribution in [0, 0.1) is 0 Å². The van der Waals surface area contributed by atoms with Crippen molar-refractivity contribution in [2.75, 3.05) is 11.1 Å². The molecule has 0 aliphatic carbocycles. The Morgan fingerprint density at radius 1 is 1.15 bits per heavy atom. The number of hydrogen-bond donors (Lipinski definition) is 3. The molecule has 7 nitrogen and oxygen atoms in total. The van der Waals surface area contributed by atoms with Gasteiger partial charge in [-0.1, -0.05) is 19.1 Å². The van der Waals surface area contributed by atoms with Gasteiger partial charge in [-0.2, -0.15) is 0 Å². The number of amides is 1. The summed E-state index contributed by atoms with van der Waals surface area (Å²) in [5.74, 6) is -0.176. The van der Waals surface area contributed by atoms with E-state index >= 15 is 0 Å². The summed E-state index contributed by atoms with van der Waals surface area (Å²) in [4.78, 5) is 42.2. The number of H-pyrrole nitrogens is 2. The quantitative estimate of drug-likeness (QED) is 0.447. The number of aromatic nitrogens is 2. The molecule has 3 N–H and O–H groups in total. The van der Waals surface area contributed by atoms with E-state index in [0.717, 1.165) is 10.6 Å². The normalized spacial score (nSPS) is 11.9. The van der Waals surface area contributed by atoms with Gasteiger partial charge in [-0.15, -0.1) is 11.8 Å². The van der Waals surface area contributed by atoms with Gasteiger partial charge in [-0.05, 0) is 43.0 Å². The molecule has 0 fully saturated rings. The lowest BCUT2D eigenvalue weighted by molar-refractivity contribution is -0.123. The molecule has 1 heterocycles. The Morgan fingerprint density at radius 2 is 1.89 bits per heavy atom. The molecule has 0 spiro atoms. The standard InChI is InChI=1S/C19H19N3O4S/c1-3-27-16-7-5-4-6-13(16)18(24)26-11(2)17(23)20-12-8-9-14-15(10-12)22-19(25)21-14/h4-11H,3H2,1-2H3,(H,20,23)(H2,21,22,25)/t11-/m0/s1. The predicted molar refractivity (Wildman–Crippen MR) is 105 cm³/mol. The molecule has 140 valence electrons. The van der Waals surface area contributed by atoms with Crippen LogP contribution >= 0.6 is 11.8 Å². The minimum Gasteiger partial charge on any atom is -0.449 e. The Hall–Kier alpha value is -3.00. The highest BCUT2D eigenvalue weighted by Crippen LogP contribution is 2.23. The number of thioether (sulfide) groups is 1. The molecule has 27 heavy (non-hydrogen) atoms. The first kappa shape index (κ1) is 18.8. The summed E-state index contributed by atoms with van der Waals surface area (Å²) in [7, 11) is 0. The zero-order chi connectivity index (χ0) is 19.4. The zero-order valence-electron chi connectivity index (χ0n) is 14.9. The van der Waals surface area contributed by atoms with Crippen molar-refractivity contribution in [3.8, 4) is 0 Å². The van der Waals surface area contributed by atoms with Crippen LogP contribution in [-0.2, 0) is 9.53 Å². The summed E-state index contributed by atoms with van der Waals surface area (Å²) in [6.07, 6.45) is -0.974. The fraction of sp³-hybridized carbons (Fsp3) is 0.211. The van der Waals surface area contributed by atoms with Crippen LogP contribution in [0.1, 0.15) is 24.2 Å². The van der Waals surface area contributed by atoms with E-state index in [1.54, 1.807) is 30.3 Å². The molecule has 3 aromatic rings. The van der Waals surface area contributed by atoms with Gasteiger partial charge in [0, 0.05) is 10.6 Å². The van der Waals surface area contributed by atoms with Gasteiger partial charge in [0.15, 0.2) is 6.10 Å². The Morgan fingerprint density at radius 3 is 2.67 bits per heavy atom. The van der Waals surface area contributed by atoms with Crippen LogP contribution < -0.4 is 11.0 Å².